The molecule has 0 spiro atoms. The van der Waals surface area contributed by atoms with Crippen LogP contribution in [0.5, 0.6) is 0 Å². The Balaban J connectivity index is 1.63. The van der Waals surface area contributed by atoms with Crippen molar-refractivity contribution in [2.24, 2.45) is 5.10 Å². The Hall–Kier alpha value is -3.80. The Kier molecular flexibility index (Phi) is 7.05. The molecule has 0 aliphatic heterocycles. The number of anilines is 2. The van der Waals surface area contributed by atoms with Crippen molar-refractivity contribution in [3.8, 4) is 0 Å². The average molecular weight is 403 g/mol. The summed E-state index contributed by atoms with van der Waals surface area (Å²) in [6.07, 6.45) is 0.0237. The summed E-state index contributed by atoms with van der Waals surface area (Å²) < 4.78 is 13.0. The van der Waals surface area contributed by atoms with Gasteiger partial charge in [-0.3, -0.25) is 14.5 Å². The number of nitrogens with zero attached hydrogens (tertiary/aromatic N) is 2. The molecule has 0 saturated carbocycles. The number of hydrazone groups is 1. The third-order valence-corrected chi connectivity index (χ3v) is 4.45. The van der Waals surface area contributed by atoms with Gasteiger partial charge in [-0.15, -0.1) is 0 Å². The van der Waals surface area contributed by atoms with Gasteiger partial charge >= 0.3 is 0 Å². The van der Waals surface area contributed by atoms with Gasteiger partial charge in [0.1, 0.15) is 5.82 Å². The molecule has 6 heteroatoms. The third-order valence-electron chi connectivity index (χ3n) is 4.45. The van der Waals surface area contributed by atoms with Gasteiger partial charge in [-0.25, -0.2) is 9.82 Å². The summed E-state index contributed by atoms with van der Waals surface area (Å²) in [6, 6.07) is 24.4. The summed E-state index contributed by atoms with van der Waals surface area (Å²) in [5.74, 6) is -0.900. The minimum Gasteiger partial charge on any atom is -0.281 e. The molecule has 152 valence electrons. The Bertz CT molecular complexity index is 980. The van der Waals surface area contributed by atoms with Gasteiger partial charge in [0, 0.05) is 24.2 Å². The number of carbonyl (C=O) groups is 2. The lowest BCUT2D eigenvalue weighted by atomic mass is 10.1. The Morgan fingerprint density at radius 2 is 1.37 bits per heavy atom. The van der Waals surface area contributed by atoms with Gasteiger partial charge < -0.3 is 0 Å². The molecule has 0 fully saturated rings. The number of rotatable bonds is 7. The molecule has 0 unspecified atom stereocenters. The molecule has 30 heavy (non-hydrogen) atoms. The van der Waals surface area contributed by atoms with Crippen molar-refractivity contribution in [3.63, 3.8) is 0 Å². The normalized spacial score (nSPS) is 11.1. The average Bonchev–Trinajstić information content (AvgIpc) is 2.78. The van der Waals surface area contributed by atoms with Gasteiger partial charge in [-0.05, 0) is 48.9 Å². The van der Waals surface area contributed by atoms with Crippen LogP contribution in [0.25, 0.3) is 0 Å². The van der Waals surface area contributed by atoms with Crippen LogP contribution in [0.1, 0.15) is 25.3 Å². The second kappa shape index (κ2) is 10.1. The Morgan fingerprint density at radius 1 is 0.833 bits per heavy atom. The molecule has 5 nitrogen and oxygen atoms in total. The summed E-state index contributed by atoms with van der Waals surface area (Å²) in [7, 11) is 0. The van der Waals surface area contributed by atoms with Gasteiger partial charge in [-0.1, -0.05) is 48.5 Å². The number of hydrogen-bond acceptors (Lipinski definition) is 3. The highest BCUT2D eigenvalue weighted by Crippen LogP contribution is 2.26. The minimum absolute atomic E-state index is 0.00476. The molecule has 1 N–H and O–H groups in total. The van der Waals surface area contributed by atoms with Crippen LogP contribution < -0.4 is 10.3 Å². The fourth-order valence-electron chi connectivity index (χ4n) is 2.88. The lowest BCUT2D eigenvalue weighted by Gasteiger charge is -2.23. The second-order valence-electron chi connectivity index (χ2n) is 6.64. The first-order chi connectivity index (χ1) is 14.5. The fourth-order valence-corrected chi connectivity index (χ4v) is 2.88. The first-order valence-corrected chi connectivity index (χ1v) is 9.57. The highest BCUT2D eigenvalue weighted by Gasteiger charge is 2.18. The number of nitrogens with one attached hydrogen (secondary N) is 1. The number of halogens is 1. The first kappa shape index (κ1) is 20.9. The van der Waals surface area contributed by atoms with Crippen LogP contribution in [0.15, 0.2) is 90.0 Å². The van der Waals surface area contributed by atoms with Crippen molar-refractivity contribution in [2.45, 2.75) is 19.8 Å². The molecule has 3 aromatic rings. The van der Waals surface area contributed by atoms with Gasteiger partial charge in [0.15, 0.2) is 0 Å². The zero-order chi connectivity index (χ0) is 21.3. The zero-order valence-corrected chi connectivity index (χ0v) is 16.6. The standard InChI is InChI=1S/C24H22FN3O2/c1-18(19-12-14-20(25)15-13-19)26-27-23(29)16-17-24(30)28(21-8-4-2-5-9-21)22-10-6-3-7-11-22/h2-15H,16-17H2,1H3,(H,27,29). The molecule has 0 atom stereocenters. The van der Waals surface area contributed by atoms with Crippen molar-refractivity contribution in [1.82, 2.24) is 5.43 Å². The number of carbonyl (C=O) groups excluding carboxylic acids is 2. The van der Waals surface area contributed by atoms with Crippen LogP contribution in [0.4, 0.5) is 15.8 Å². The van der Waals surface area contributed by atoms with Gasteiger partial charge in [-0.2, -0.15) is 5.10 Å². The Morgan fingerprint density at radius 3 is 1.90 bits per heavy atom. The number of benzene rings is 3. The van der Waals surface area contributed by atoms with Crippen molar-refractivity contribution in [2.75, 3.05) is 4.90 Å². The molecular formula is C24H22FN3O2. The van der Waals surface area contributed by atoms with E-state index in [4.69, 9.17) is 0 Å². The van der Waals surface area contributed by atoms with E-state index in [0.29, 0.717) is 11.3 Å². The van der Waals surface area contributed by atoms with E-state index in [1.807, 2.05) is 60.7 Å². The predicted molar refractivity (Wildman–Crippen MR) is 116 cm³/mol. The van der Waals surface area contributed by atoms with E-state index in [9.17, 15) is 14.0 Å². The zero-order valence-electron chi connectivity index (χ0n) is 16.6. The van der Waals surface area contributed by atoms with Gasteiger partial charge in [0.2, 0.25) is 11.8 Å². The molecule has 0 saturated heterocycles. The molecule has 2 amide bonds. The molecule has 0 heterocycles. The maximum absolute atomic E-state index is 13.0. The molecule has 3 aromatic carbocycles. The molecular weight excluding hydrogens is 381 g/mol. The van der Waals surface area contributed by atoms with E-state index < -0.39 is 0 Å². The summed E-state index contributed by atoms with van der Waals surface area (Å²) >= 11 is 0. The smallest absolute Gasteiger partial charge is 0.240 e. The van der Waals surface area contributed by atoms with Crippen LogP contribution in [0.2, 0.25) is 0 Å². The molecule has 0 aromatic heterocycles. The topological polar surface area (TPSA) is 61.8 Å². The molecule has 0 aliphatic carbocycles. The lowest BCUT2D eigenvalue weighted by Crippen LogP contribution is -2.28. The second-order valence-corrected chi connectivity index (χ2v) is 6.64. The predicted octanol–water partition coefficient (Wildman–Crippen LogP) is 4.81. The van der Waals surface area contributed by atoms with Crippen LogP contribution in [0, 0.1) is 5.82 Å². The van der Waals surface area contributed by atoms with E-state index in [-0.39, 0.29) is 30.5 Å². The van der Waals surface area contributed by atoms with Crippen LogP contribution in [-0.4, -0.2) is 17.5 Å². The van der Waals surface area contributed by atoms with E-state index >= 15 is 0 Å². The maximum atomic E-state index is 13.0. The molecule has 3 rings (SSSR count). The number of para-hydroxylation sites is 2. The summed E-state index contributed by atoms with van der Waals surface area (Å²) in [5.41, 5.74) is 5.17. The largest absolute Gasteiger partial charge is 0.281 e. The molecule has 0 aliphatic rings. The SMILES string of the molecule is CC(=NNC(=O)CCC(=O)N(c1ccccc1)c1ccccc1)c1ccc(F)cc1. The first-order valence-electron chi connectivity index (χ1n) is 9.57. The lowest BCUT2D eigenvalue weighted by molar-refractivity contribution is -0.124. The quantitative estimate of drug-likeness (QED) is 0.455. The summed E-state index contributed by atoms with van der Waals surface area (Å²) in [6.45, 7) is 1.71. The van der Waals surface area contributed by atoms with E-state index in [2.05, 4.69) is 10.5 Å². The van der Waals surface area contributed by atoms with Gasteiger partial charge in [0.25, 0.3) is 0 Å². The Labute approximate surface area is 174 Å². The number of amides is 2. The van der Waals surface area contributed by atoms with Crippen LogP contribution >= 0.6 is 0 Å². The molecule has 0 radical (unpaired) electrons. The maximum Gasteiger partial charge on any atom is 0.240 e. The summed E-state index contributed by atoms with van der Waals surface area (Å²) in [5, 5.41) is 4.03. The minimum atomic E-state index is -0.370. The van der Waals surface area contributed by atoms with Crippen LogP contribution in [0.3, 0.4) is 0 Å². The third kappa shape index (κ3) is 5.61. The molecule has 0 bridgehead atoms. The van der Waals surface area contributed by atoms with Crippen molar-refractivity contribution in [1.29, 1.82) is 0 Å². The van der Waals surface area contributed by atoms with Crippen LogP contribution in [-0.2, 0) is 9.59 Å². The van der Waals surface area contributed by atoms with E-state index in [1.165, 1.54) is 12.1 Å². The van der Waals surface area contributed by atoms with Crippen molar-refractivity contribution < 1.29 is 14.0 Å². The highest BCUT2D eigenvalue weighted by molar-refractivity contribution is 6.02. The summed E-state index contributed by atoms with van der Waals surface area (Å²) in [4.78, 5) is 26.7. The van der Waals surface area contributed by atoms with E-state index in [1.54, 1.807) is 24.0 Å². The van der Waals surface area contributed by atoms with Crippen molar-refractivity contribution in [3.05, 3.63) is 96.3 Å². The monoisotopic (exact) mass is 403 g/mol. The highest BCUT2D eigenvalue weighted by atomic mass is 19.1. The fraction of sp³-hybridized carbons (Fsp3) is 0.125. The van der Waals surface area contributed by atoms with E-state index in [0.717, 1.165) is 11.4 Å². The van der Waals surface area contributed by atoms with Crippen molar-refractivity contribution >= 4 is 28.9 Å². The number of hydrogen-bond donors (Lipinski definition) is 1. The van der Waals surface area contributed by atoms with Gasteiger partial charge in [0.05, 0.1) is 5.71 Å².